The van der Waals surface area contributed by atoms with Gasteiger partial charge in [-0.2, -0.15) is 0 Å². The van der Waals surface area contributed by atoms with Gasteiger partial charge in [-0.05, 0) is 76.4 Å². The molecule has 2 aliphatic heterocycles. The fourth-order valence-corrected chi connectivity index (χ4v) is 5.24. The number of hydrogen-bond acceptors (Lipinski definition) is 4. The van der Waals surface area contributed by atoms with E-state index in [9.17, 15) is 9.59 Å². The van der Waals surface area contributed by atoms with E-state index in [1.54, 1.807) is 7.05 Å². The molecule has 0 radical (unpaired) electrons. The van der Waals surface area contributed by atoms with Crippen molar-refractivity contribution >= 4 is 11.8 Å². The summed E-state index contributed by atoms with van der Waals surface area (Å²) in [5, 5.41) is 6.05. The van der Waals surface area contributed by atoms with Gasteiger partial charge in [-0.15, -0.1) is 0 Å². The molecule has 31 heavy (non-hydrogen) atoms. The van der Waals surface area contributed by atoms with Crippen LogP contribution in [0.4, 0.5) is 0 Å². The molecule has 0 bridgehead atoms. The molecule has 2 amide bonds. The van der Waals surface area contributed by atoms with Crippen molar-refractivity contribution in [1.29, 1.82) is 0 Å². The summed E-state index contributed by atoms with van der Waals surface area (Å²) < 4.78 is 0. The normalized spacial score (nSPS) is 26.1. The zero-order chi connectivity index (χ0) is 21.8. The Balaban J connectivity index is 1.40. The average molecular weight is 427 g/mol. The van der Waals surface area contributed by atoms with Gasteiger partial charge < -0.3 is 20.4 Å². The van der Waals surface area contributed by atoms with Crippen molar-refractivity contribution in [2.24, 2.45) is 11.8 Å². The summed E-state index contributed by atoms with van der Waals surface area (Å²) in [5.41, 5.74) is 1.37. The number of fused-ring (bicyclic) bond motifs is 1. The van der Waals surface area contributed by atoms with E-state index >= 15 is 0 Å². The van der Waals surface area contributed by atoms with Gasteiger partial charge in [0.25, 0.3) is 0 Å². The Labute approximate surface area is 186 Å². The molecule has 0 unspecified atom stereocenters. The van der Waals surface area contributed by atoms with Crippen LogP contribution < -0.4 is 10.6 Å². The molecule has 6 nitrogen and oxygen atoms in total. The second-order valence-electron chi connectivity index (χ2n) is 9.66. The lowest BCUT2D eigenvalue weighted by Gasteiger charge is -2.33. The first-order chi connectivity index (χ1) is 15.1. The summed E-state index contributed by atoms with van der Waals surface area (Å²) in [4.78, 5) is 30.8. The van der Waals surface area contributed by atoms with Gasteiger partial charge in [0, 0.05) is 25.7 Å². The van der Waals surface area contributed by atoms with E-state index in [4.69, 9.17) is 0 Å². The number of hydrogen-bond donors (Lipinski definition) is 2. The monoisotopic (exact) mass is 426 g/mol. The van der Waals surface area contributed by atoms with E-state index in [0.717, 1.165) is 51.9 Å². The molecule has 0 aromatic heterocycles. The Kier molecular flexibility index (Phi) is 7.28. The van der Waals surface area contributed by atoms with Gasteiger partial charge in [0.1, 0.15) is 6.04 Å². The van der Waals surface area contributed by atoms with Gasteiger partial charge in [-0.25, -0.2) is 0 Å². The van der Waals surface area contributed by atoms with Gasteiger partial charge in [-0.3, -0.25) is 9.59 Å². The zero-order valence-electron chi connectivity index (χ0n) is 19.1. The molecule has 2 N–H and O–H groups in total. The van der Waals surface area contributed by atoms with Crippen LogP contribution in [0.3, 0.4) is 0 Å². The maximum atomic E-state index is 13.6. The van der Waals surface area contributed by atoms with Gasteiger partial charge >= 0.3 is 0 Å². The van der Waals surface area contributed by atoms with Crippen LogP contribution in [0.25, 0.3) is 0 Å². The smallest absolute Gasteiger partial charge is 0.245 e. The summed E-state index contributed by atoms with van der Waals surface area (Å²) >= 11 is 0. The molecule has 4 atom stereocenters. The molecule has 4 rings (SSSR count). The Morgan fingerprint density at radius 2 is 1.87 bits per heavy atom. The Hall–Kier alpha value is -1.92. The third-order valence-corrected chi connectivity index (χ3v) is 7.51. The molecule has 1 saturated carbocycles. The van der Waals surface area contributed by atoms with Crippen LogP contribution in [0.5, 0.6) is 0 Å². The molecule has 3 aliphatic rings. The Morgan fingerprint density at radius 3 is 2.58 bits per heavy atom. The highest BCUT2D eigenvalue weighted by Gasteiger charge is 2.45. The molecule has 2 heterocycles. The standard InChI is InChI=1S/C25H38N4O2/c1-18(26-2)24(30)27-23(21-10-11-21)25(31)29-16-13-20-9-6-14-28(17-22(20)29)15-12-19-7-4-3-5-8-19/h3-5,7-8,18,20-23,26H,6,9-17H2,1-2H3,(H,27,30)/t18-,20+,22+,23-/m0/s1. The number of benzene rings is 1. The zero-order valence-corrected chi connectivity index (χ0v) is 19.1. The first kappa shape index (κ1) is 22.3. The van der Waals surface area contributed by atoms with Crippen molar-refractivity contribution in [1.82, 2.24) is 20.4 Å². The average Bonchev–Trinajstić information content (AvgIpc) is 3.59. The van der Waals surface area contributed by atoms with E-state index in [1.807, 2.05) is 6.92 Å². The molecule has 6 heteroatoms. The molecule has 0 spiro atoms. The number of carbonyl (C=O) groups excluding carboxylic acids is 2. The highest BCUT2D eigenvalue weighted by molar-refractivity contribution is 5.90. The number of likely N-dealkylation sites (N-methyl/N-ethyl adjacent to an activating group) is 1. The summed E-state index contributed by atoms with van der Waals surface area (Å²) in [6.07, 6.45) is 6.63. The number of nitrogens with one attached hydrogen (secondary N) is 2. The van der Waals surface area contributed by atoms with Crippen LogP contribution >= 0.6 is 0 Å². The molecule has 2 saturated heterocycles. The molecule has 170 valence electrons. The molecular weight excluding hydrogens is 388 g/mol. The van der Waals surface area contributed by atoms with Gasteiger partial charge in [0.05, 0.1) is 6.04 Å². The van der Waals surface area contributed by atoms with Gasteiger partial charge in [0.15, 0.2) is 0 Å². The van der Waals surface area contributed by atoms with Crippen molar-refractivity contribution in [2.75, 3.05) is 33.2 Å². The summed E-state index contributed by atoms with van der Waals surface area (Å²) in [6, 6.07) is 10.3. The van der Waals surface area contributed by atoms with E-state index in [1.165, 1.54) is 18.4 Å². The molecule has 1 aliphatic carbocycles. The van der Waals surface area contributed by atoms with Crippen molar-refractivity contribution in [3.05, 3.63) is 35.9 Å². The number of carbonyl (C=O) groups is 2. The first-order valence-corrected chi connectivity index (χ1v) is 12.1. The molecule has 1 aromatic carbocycles. The maximum Gasteiger partial charge on any atom is 0.245 e. The minimum atomic E-state index is -0.358. The van der Waals surface area contributed by atoms with Crippen LogP contribution in [0.15, 0.2) is 30.3 Å². The van der Waals surface area contributed by atoms with Crippen molar-refractivity contribution in [3.63, 3.8) is 0 Å². The van der Waals surface area contributed by atoms with Gasteiger partial charge in [-0.1, -0.05) is 30.3 Å². The lowest BCUT2D eigenvalue weighted by atomic mass is 9.96. The highest BCUT2D eigenvalue weighted by atomic mass is 16.2. The van der Waals surface area contributed by atoms with Crippen LogP contribution in [-0.4, -0.2) is 73.0 Å². The highest BCUT2D eigenvalue weighted by Crippen LogP contribution is 2.37. The number of rotatable bonds is 8. The number of amides is 2. The Morgan fingerprint density at radius 1 is 1.10 bits per heavy atom. The fourth-order valence-electron chi connectivity index (χ4n) is 5.24. The predicted molar refractivity (Wildman–Crippen MR) is 123 cm³/mol. The van der Waals surface area contributed by atoms with Crippen molar-refractivity contribution in [3.8, 4) is 0 Å². The second kappa shape index (κ2) is 10.1. The summed E-state index contributed by atoms with van der Waals surface area (Å²) in [7, 11) is 1.78. The van der Waals surface area contributed by atoms with Crippen LogP contribution in [-0.2, 0) is 16.0 Å². The van der Waals surface area contributed by atoms with Crippen molar-refractivity contribution < 1.29 is 9.59 Å². The summed E-state index contributed by atoms with van der Waals surface area (Å²) in [5.74, 6) is 0.974. The van der Waals surface area contributed by atoms with Crippen LogP contribution in [0.1, 0.15) is 44.6 Å². The Bertz CT molecular complexity index is 751. The maximum absolute atomic E-state index is 13.6. The van der Waals surface area contributed by atoms with Crippen LogP contribution in [0.2, 0.25) is 0 Å². The van der Waals surface area contributed by atoms with E-state index in [2.05, 4.69) is 50.8 Å². The lowest BCUT2D eigenvalue weighted by Crippen LogP contribution is -2.56. The topological polar surface area (TPSA) is 64.7 Å². The quantitative estimate of drug-likeness (QED) is 0.668. The largest absolute Gasteiger partial charge is 0.343 e. The molecular formula is C25H38N4O2. The SMILES string of the molecule is CN[C@@H](C)C(=O)N[C@H](C(=O)N1CC[C@H]2CCCN(CCc3ccccc3)C[C@H]21)C1CC1. The number of nitrogens with zero attached hydrogens (tertiary/aromatic N) is 2. The third kappa shape index (κ3) is 5.47. The fraction of sp³-hybridized carbons (Fsp3) is 0.680. The van der Waals surface area contributed by atoms with Crippen LogP contribution in [0, 0.1) is 11.8 Å². The van der Waals surface area contributed by atoms with E-state index in [-0.39, 0.29) is 29.9 Å². The third-order valence-electron chi connectivity index (χ3n) is 7.51. The van der Waals surface area contributed by atoms with E-state index in [0.29, 0.717) is 11.8 Å². The van der Waals surface area contributed by atoms with Crippen molar-refractivity contribution in [2.45, 2.75) is 63.6 Å². The van der Waals surface area contributed by atoms with E-state index < -0.39 is 0 Å². The first-order valence-electron chi connectivity index (χ1n) is 12.1. The minimum Gasteiger partial charge on any atom is -0.343 e. The summed E-state index contributed by atoms with van der Waals surface area (Å²) in [6.45, 7) is 5.79. The molecule has 1 aromatic rings. The predicted octanol–water partition coefficient (Wildman–Crippen LogP) is 2.04. The molecule has 3 fully saturated rings. The second-order valence-corrected chi connectivity index (χ2v) is 9.66. The minimum absolute atomic E-state index is 0.0751. The van der Waals surface area contributed by atoms with Gasteiger partial charge in [0.2, 0.25) is 11.8 Å². The lowest BCUT2D eigenvalue weighted by molar-refractivity contribution is -0.138. The number of likely N-dealkylation sites (tertiary alicyclic amines) is 2.